The van der Waals surface area contributed by atoms with E-state index in [9.17, 15) is 27.6 Å². The number of esters is 1. The maximum atomic E-state index is 14.6. The molecule has 6 rings (SSSR count). The molecule has 3 amide bonds. The van der Waals surface area contributed by atoms with Gasteiger partial charge in [0, 0.05) is 29.3 Å². The fourth-order valence-electron chi connectivity index (χ4n) is 6.95. The molecule has 13 heteroatoms. The number of aromatic nitrogens is 1. The summed E-state index contributed by atoms with van der Waals surface area (Å²) in [4.78, 5) is 61.5. The summed E-state index contributed by atoms with van der Waals surface area (Å²) in [6.07, 6.45) is 8.16. The van der Waals surface area contributed by atoms with Crippen molar-refractivity contribution in [1.82, 2.24) is 19.9 Å². The third-order valence-corrected chi connectivity index (χ3v) is 12.3. The van der Waals surface area contributed by atoms with Gasteiger partial charge >= 0.3 is 5.97 Å². The average Bonchev–Trinajstić information content (AvgIpc) is 3.98. The molecule has 3 fully saturated rings. The number of carbonyl (C=O) groups is 4. The highest BCUT2D eigenvalue weighted by Crippen LogP contribution is 2.46. The first-order chi connectivity index (χ1) is 23.9. The minimum Gasteiger partial charge on any atom is -0.472 e. The van der Waals surface area contributed by atoms with Crippen molar-refractivity contribution in [3.05, 3.63) is 54.8 Å². The molecule has 1 saturated heterocycles. The van der Waals surface area contributed by atoms with Crippen molar-refractivity contribution >= 4 is 50.6 Å². The number of nitrogens with one attached hydrogen (secondary N) is 2. The Kier molecular flexibility index (Phi) is 9.58. The molecule has 1 aromatic heterocycles. The third-order valence-electron chi connectivity index (χ3n) is 10.4. The van der Waals surface area contributed by atoms with Crippen LogP contribution in [-0.4, -0.2) is 78.1 Å². The molecule has 4 aliphatic rings. The summed E-state index contributed by atoms with van der Waals surface area (Å²) < 4.78 is 39.7. The van der Waals surface area contributed by atoms with Gasteiger partial charge in [-0.25, -0.2) is 13.4 Å². The zero-order valence-corrected chi connectivity index (χ0v) is 30.8. The highest BCUT2D eigenvalue weighted by molar-refractivity contribution is 7.91. The van der Waals surface area contributed by atoms with Crippen LogP contribution in [0, 0.1) is 22.7 Å². The maximum absolute atomic E-state index is 14.6. The van der Waals surface area contributed by atoms with E-state index >= 15 is 0 Å². The van der Waals surface area contributed by atoms with Crippen molar-refractivity contribution < 1.29 is 37.1 Å². The SMILES string of the molecule is C=C[C@@H]1C[C@]1(NC(=O)[C@@H]1C[C@@H]2CN1C(=O)[C@H](C(C)(C)C)CC(=O)OCC(C)(C)C/C=C/c1ccc3ccnc(c3c1)O2)C(=O)NS(=O)(=O)C1CC1. The number of nitrogens with zero attached hydrogens (tertiary/aromatic N) is 2. The number of rotatable bonds is 6. The van der Waals surface area contributed by atoms with Crippen LogP contribution in [0.3, 0.4) is 0 Å². The first-order valence-corrected chi connectivity index (χ1v) is 19.2. The van der Waals surface area contributed by atoms with E-state index in [1.807, 2.05) is 71.0 Å². The van der Waals surface area contributed by atoms with E-state index in [0.717, 1.165) is 16.3 Å². The molecule has 274 valence electrons. The molecule has 5 atom stereocenters. The van der Waals surface area contributed by atoms with E-state index in [-0.39, 0.29) is 37.8 Å². The molecule has 0 unspecified atom stereocenters. The smallest absolute Gasteiger partial charge is 0.306 e. The van der Waals surface area contributed by atoms with Crippen molar-refractivity contribution in [2.45, 2.75) is 96.1 Å². The Bertz CT molecular complexity index is 1900. The van der Waals surface area contributed by atoms with Gasteiger partial charge in [-0.05, 0) is 54.2 Å². The fourth-order valence-corrected chi connectivity index (χ4v) is 8.31. The van der Waals surface area contributed by atoms with Gasteiger partial charge < -0.3 is 19.7 Å². The Hall–Kier alpha value is -4.26. The molecule has 2 saturated carbocycles. The first-order valence-electron chi connectivity index (χ1n) is 17.6. The number of pyridine rings is 1. The Balaban J connectivity index is 1.35. The molecule has 2 aromatic rings. The summed E-state index contributed by atoms with van der Waals surface area (Å²) in [7, 11) is -3.88. The molecular weight excluding hydrogens is 673 g/mol. The van der Waals surface area contributed by atoms with Crippen LogP contribution in [0.15, 0.2) is 49.2 Å². The largest absolute Gasteiger partial charge is 0.472 e. The second-order valence-electron chi connectivity index (χ2n) is 16.3. The number of carbonyl (C=O) groups excluding carboxylic acids is 4. The number of fused-ring (bicyclic) bond motifs is 3. The van der Waals surface area contributed by atoms with E-state index in [0.29, 0.717) is 25.1 Å². The first kappa shape index (κ1) is 36.5. The number of benzene rings is 1. The summed E-state index contributed by atoms with van der Waals surface area (Å²) in [6, 6.07) is 6.74. The Morgan fingerprint density at radius 2 is 1.88 bits per heavy atom. The van der Waals surface area contributed by atoms with Gasteiger partial charge in [-0.1, -0.05) is 65.0 Å². The molecule has 2 aliphatic heterocycles. The standard InChI is InChI=1S/C38H48N4O8S/c1-7-25-20-38(25,35(46)41-51(47,48)27-12-13-27)40-32(44)30-18-26-21-42(30)34(45)29(36(2,3)4)19-31(43)49-22-37(5,6)15-8-9-23-10-11-24-14-16-39-33(50-26)28(24)17-23/h7-11,14,16-17,25-27,29-30H,1,12-13,15,18-22H2,2-6H3,(H,40,44)(H,41,46)/b9-8+/t25-,26-,29-,30+,38-/m1/s1. The van der Waals surface area contributed by atoms with E-state index in [4.69, 9.17) is 9.47 Å². The van der Waals surface area contributed by atoms with Crippen LogP contribution in [0.25, 0.3) is 16.8 Å². The number of hydrogen-bond donors (Lipinski definition) is 2. The average molecular weight is 721 g/mol. The van der Waals surface area contributed by atoms with Gasteiger partial charge in [0.1, 0.15) is 17.7 Å². The molecular formula is C38H48N4O8S. The highest BCUT2D eigenvalue weighted by Gasteiger charge is 2.62. The van der Waals surface area contributed by atoms with E-state index in [1.165, 1.54) is 11.0 Å². The molecule has 4 bridgehead atoms. The van der Waals surface area contributed by atoms with Gasteiger partial charge in [-0.2, -0.15) is 0 Å². The number of ether oxygens (including phenoxy) is 2. The summed E-state index contributed by atoms with van der Waals surface area (Å²) in [5.41, 5.74) is -1.66. The fraction of sp³-hybridized carbons (Fsp3) is 0.553. The second-order valence-corrected chi connectivity index (χ2v) is 18.3. The molecule has 2 aliphatic carbocycles. The summed E-state index contributed by atoms with van der Waals surface area (Å²) in [5, 5.41) is 3.87. The number of sulfonamides is 1. The molecule has 3 heterocycles. The Morgan fingerprint density at radius 3 is 2.55 bits per heavy atom. The van der Waals surface area contributed by atoms with E-state index in [1.54, 1.807) is 6.20 Å². The van der Waals surface area contributed by atoms with Crippen molar-refractivity contribution in [2.24, 2.45) is 22.7 Å². The van der Waals surface area contributed by atoms with Crippen LogP contribution >= 0.6 is 0 Å². The predicted octanol–water partition coefficient (Wildman–Crippen LogP) is 4.29. The van der Waals surface area contributed by atoms with Crippen molar-refractivity contribution in [3.8, 4) is 5.88 Å². The summed E-state index contributed by atoms with van der Waals surface area (Å²) >= 11 is 0. The van der Waals surface area contributed by atoms with Crippen molar-refractivity contribution in [3.63, 3.8) is 0 Å². The summed E-state index contributed by atoms with van der Waals surface area (Å²) in [5.74, 6) is -3.38. The lowest BCUT2D eigenvalue weighted by molar-refractivity contribution is -0.155. The van der Waals surface area contributed by atoms with Gasteiger partial charge in [0.25, 0.3) is 5.91 Å². The Morgan fingerprint density at radius 1 is 1.14 bits per heavy atom. The second kappa shape index (κ2) is 13.4. The van der Waals surface area contributed by atoms with Gasteiger partial charge in [0.2, 0.25) is 27.7 Å². The summed E-state index contributed by atoms with van der Waals surface area (Å²) in [6.45, 7) is 13.5. The number of amides is 3. The van der Waals surface area contributed by atoms with Crippen LogP contribution in [0.2, 0.25) is 0 Å². The van der Waals surface area contributed by atoms with E-state index < -0.39 is 73.9 Å². The lowest BCUT2D eigenvalue weighted by Crippen LogP contribution is -2.57. The quantitative estimate of drug-likeness (QED) is 0.328. The lowest BCUT2D eigenvalue weighted by Gasteiger charge is -2.35. The number of allylic oxidation sites excluding steroid dienone is 1. The Labute approximate surface area is 299 Å². The van der Waals surface area contributed by atoms with E-state index in [2.05, 4.69) is 21.6 Å². The van der Waals surface area contributed by atoms with Crippen LogP contribution in [-0.2, 0) is 33.9 Å². The lowest BCUT2D eigenvalue weighted by atomic mass is 9.77. The molecule has 0 radical (unpaired) electrons. The monoisotopic (exact) mass is 720 g/mol. The van der Waals surface area contributed by atoms with Gasteiger partial charge in [-0.15, -0.1) is 6.58 Å². The third kappa shape index (κ3) is 7.83. The van der Waals surface area contributed by atoms with Gasteiger partial charge in [0.15, 0.2) is 0 Å². The molecule has 12 nitrogen and oxygen atoms in total. The van der Waals surface area contributed by atoms with Crippen LogP contribution < -0.4 is 14.8 Å². The maximum Gasteiger partial charge on any atom is 0.306 e. The van der Waals surface area contributed by atoms with Crippen LogP contribution in [0.5, 0.6) is 5.88 Å². The topological polar surface area (TPSA) is 161 Å². The minimum absolute atomic E-state index is 0.0172. The molecule has 2 N–H and O–H groups in total. The van der Waals surface area contributed by atoms with Gasteiger partial charge in [0.05, 0.1) is 30.7 Å². The highest BCUT2D eigenvalue weighted by atomic mass is 32.2. The number of cyclic esters (lactones) is 1. The normalized spacial score (nSPS) is 28.9. The van der Waals surface area contributed by atoms with Crippen molar-refractivity contribution in [1.29, 1.82) is 0 Å². The predicted molar refractivity (Wildman–Crippen MR) is 191 cm³/mol. The molecule has 51 heavy (non-hydrogen) atoms. The van der Waals surface area contributed by atoms with Crippen LogP contribution in [0.4, 0.5) is 0 Å². The van der Waals surface area contributed by atoms with Crippen molar-refractivity contribution in [2.75, 3.05) is 13.2 Å². The minimum atomic E-state index is -3.88. The molecule has 1 aromatic carbocycles. The van der Waals surface area contributed by atoms with Gasteiger partial charge in [-0.3, -0.25) is 23.9 Å². The zero-order valence-electron chi connectivity index (χ0n) is 29.9. The van der Waals surface area contributed by atoms with Crippen LogP contribution in [0.1, 0.15) is 78.7 Å². The zero-order chi connectivity index (χ0) is 36.9. The number of hydrogen-bond acceptors (Lipinski definition) is 9. The molecule has 0 spiro atoms.